The van der Waals surface area contributed by atoms with Crippen LogP contribution < -0.4 is 0 Å². The molecular weight excluding hydrogens is 319 g/mol. The monoisotopic (exact) mass is 359 g/mol. The van der Waals surface area contributed by atoms with Crippen molar-refractivity contribution in [3.8, 4) is 0 Å². The lowest BCUT2D eigenvalue weighted by molar-refractivity contribution is -0.923. The third-order valence-electron chi connectivity index (χ3n) is 5.80. The fourth-order valence-corrected chi connectivity index (χ4v) is 6.86. The summed E-state index contributed by atoms with van der Waals surface area (Å²) in [7, 11) is -0.405. The Morgan fingerprint density at radius 2 is 1.54 bits per heavy atom. The van der Waals surface area contributed by atoms with Gasteiger partial charge in [0.1, 0.15) is 0 Å². The van der Waals surface area contributed by atoms with Crippen LogP contribution in [-0.2, 0) is 9.09 Å². The van der Waals surface area contributed by atoms with Crippen molar-refractivity contribution in [3.63, 3.8) is 0 Å². The SMILES string of the molecule is CC(C)(C)COP(=O)(N1CCC([N+]2(C)CCCC2)CC1)C(C)(C)C. The summed E-state index contributed by atoms with van der Waals surface area (Å²) in [5, 5.41) is -0.336. The van der Waals surface area contributed by atoms with Crippen LogP contribution in [-0.4, -0.2) is 60.2 Å². The number of hydrogen-bond acceptors (Lipinski definition) is 2. The van der Waals surface area contributed by atoms with Crippen LogP contribution in [0.4, 0.5) is 0 Å². The summed E-state index contributed by atoms with van der Waals surface area (Å²) >= 11 is 0. The summed E-state index contributed by atoms with van der Waals surface area (Å²) in [6.45, 7) is 17.7. The first-order chi connectivity index (χ1) is 10.9. The molecule has 0 N–H and O–H groups in total. The average Bonchev–Trinajstić information content (AvgIpc) is 2.91. The number of piperidine rings is 1. The van der Waals surface area contributed by atoms with E-state index in [1.54, 1.807) is 0 Å². The van der Waals surface area contributed by atoms with Gasteiger partial charge in [-0.05, 0) is 26.2 Å². The molecule has 142 valence electrons. The second-order valence-electron chi connectivity index (χ2n) is 10.3. The van der Waals surface area contributed by atoms with Gasteiger partial charge in [0.2, 0.25) is 0 Å². The second-order valence-corrected chi connectivity index (χ2v) is 13.6. The van der Waals surface area contributed by atoms with E-state index in [1.165, 1.54) is 30.4 Å². The molecule has 0 bridgehead atoms. The van der Waals surface area contributed by atoms with Crippen molar-refractivity contribution in [2.45, 2.75) is 78.4 Å². The van der Waals surface area contributed by atoms with Gasteiger partial charge in [0.15, 0.2) is 0 Å². The fraction of sp³-hybridized carbons (Fsp3) is 1.00. The number of likely N-dealkylation sites (tertiary alicyclic amines) is 1. The van der Waals surface area contributed by atoms with Crippen molar-refractivity contribution in [2.75, 3.05) is 39.8 Å². The van der Waals surface area contributed by atoms with E-state index in [0.29, 0.717) is 6.61 Å². The Labute approximate surface area is 150 Å². The highest BCUT2D eigenvalue weighted by Crippen LogP contribution is 2.62. The van der Waals surface area contributed by atoms with E-state index in [-0.39, 0.29) is 10.6 Å². The highest BCUT2D eigenvalue weighted by atomic mass is 31.2. The largest absolute Gasteiger partial charge is 0.324 e. The molecule has 0 aromatic carbocycles. The molecule has 2 heterocycles. The maximum atomic E-state index is 13.8. The summed E-state index contributed by atoms with van der Waals surface area (Å²) in [6, 6.07) is 0.736. The van der Waals surface area contributed by atoms with Gasteiger partial charge in [-0.2, -0.15) is 0 Å². The molecule has 2 saturated heterocycles. The van der Waals surface area contributed by atoms with Gasteiger partial charge in [-0.15, -0.1) is 0 Å². The Hall–Kier alpha value is 0.110. The molecule has 0 aliphatic carbocycles. The Kier molecular flexibility index (Phi) is 5.98. The zero-order valence-corrected chi connectivity index (χ0v) is 18.0. The molecule has 1 unspecified atom stereocenters. The molecule has 0 saturated carbocycles. The average molecular weight is 360 g/mol. The van der Waals surface area contributed by atoms with Gasteiger partial charge in [-0.3, -0.25) is 4.57 Å². The third-order valence-corrected chi connectivity index (χ3v) is 9.12. The van der Waals surface area contributed by atoms with E-state index in [0.717, 1.165) is 32.0 Å². The minimum absolute atomic E-state index is 0.0352. The first-order valence-electron chi connectivity index (χ1n) is 9.72. The predicted molar refractivity (Wildman–Crippen MR) is 103 cm³/mol. The molecule has 1 atom stereocenters. The van der Waals surface area contributed by atoms with Crippen molar-refractivity contribution < 1.29 is 13.6 Å². The Balaban J connectivity index is 2.06. The van der Waals surface area contributed by atoms with Crippen LogP contribution in [0.25, 0.3) is 0 Å². The lowest BCUT2D eigenvalue weighted by Crippen LogP contribution is -2.54. The standard InChI is InChI=1S/C19H40N2O2P/c1-18(2,3)16-23-24(22,19(4,5)6)20-12-10-17(11-13-20)21(7)14-8-9-15-21/h17H,8-16H2,1-7H3/q+1. The first kappa shape index (κ1) is 20.4. The van der Waals surface area contributed by atoms with E-state index in [2.05, 4.69) is 53.3 Å². The fourth-order valence-electron chi connectivity index (χ4n) is 4.14. The molecule has 0 spiro atoms. The molecule has 24 heavy (non-hydrogen) atoms. The molecular formula is C19H40N2O2P+. The van der Waals surface area contributed by atoms with Crippen LogP contribution in [0, 0.1) is 5.41 Å². The minimum atomic E-state index is -2.83. The Bertz CT molecular complexity index is 465. The molecule has 2 fully saturated rings. The van der Waals surface area contributed by atoms with E-state index in [1.807, 2.05) is 0 Å². The van der Waals surface area contributed by atoms with Crippen molar-refractivity contribution in [2.24, 2.45) is 5.41 Å². The van der Waals surface area contributed by atoms with Gasteiger partial charge >= 0.3 is 0 Å². The van der Waals surface area contributed by atoms with Crippen molar-refractivity contribution in [1.29, 1.82) is 0 Å². The third kappa shape index (κ3) is 4.44. The second kappa shape index (κ2) is 7.02. The van der Waals surface area contributed by atoms with Crippen molar-refractivity contribution in [1.82, 2.24) is 4.67 Å². The van der Waals surface area contributed by atoms with Gasteiger partial charge in [-0.25, -0.2) is 4.67 Å². The van der Waals surface area contributed by atoms with Crippen LogP contribution in [0.1, 0.15) is 67.2 Å². The molecule has 2 aliphatic heterocycles. The summed E-state index contributed by atoms with van der Waals surface area (Å²) in [5.41, 5.74) is 0.0352. The number of hydrogen-bond donors (Lipinski definition) is 0. The Morgan fingerprint density at radius 1 is 1.04 bits per heavy atom. The molecule has 2 aliphatic rings. The summed E-state index contributed by atoms with van der Waals surface area (Å²) in [5.74, 6) is 0. The molecule has 0 aromatic rings. The first-order valence-corrected chi connectivity index (χ1v) is 11.3. The molecule has 2 rings (SSSR count). The smallest absolute Gasteiger partial charge is 0.277 e. The van der Waals surface area contributed by atoms with Crippen LogP contribution in [0.2, 0.25) is 0 Å². The van der Waals surface area contributed by atoms with Gasteiger partial charge in [-0.1, -0.05) is 20.8 Å². The van der Waals surface area contributed by atoms with Crippen LogP contribution in [0.15, 0.2) is 0 Å². The highest BCUT2D eigenvalue weighted by Gasteiger charge is 2.47. The molecule has 4 nitrogen and oxygen atoms in total. The lowest BCUT2D eigenvalue weighted by atomic mass is 9.99. The molecule has 0 amide bonds. The maximum Gasteiger partial charge on any atom is 0.277 e. The maximum absolute atomic E-state index is 13.8. The zero-order valence-electron chi connectivity index (χ0n) is 17.1. The molecule has 5 heteroatoms. The molecule has 0 aromatic heterocycles. The number of nitrogens with zero attached hydrogens (tertiary/aromatic N) is 2. The summed E-state index contributed by atoms with van der Waals surface area (Å²) in [4.78, 5) is 0. The van der Waals surface area contributed by atoms with E-state index in [9.17, 15) is 4.57 Å². The summed E-state index contributed by atoms with van der Waals surface area (Å²) in [6.07, 6.45) is 5.03. The minimum Gasteiger partial charge on any atom is -0.324 e. The quantitative estimate of drug-likeness (QED) is 0.536. The number of quaternary nitrogens is 1. The van der Waals surface area contributed by atoms with E-state index < -0.39 is 7.52 Å². The number of rotatable bonds is 4. The Morgan fingerprint density at radius 3 is 1.96 bits per heavy atom. The lowest BCUT2D eigenvalue weighted by Gasteiger charge is -2.46. The van der Waals surface area contributed by atoms with Gasteiger partial charge in [0.05, 0.1) is 37.9 Å². The topological polar surface area (TPSA) is 29.5 Å². The predicted octanol–water partition coefficient (Wildman–Crippen LogP) is 4.75. The highest BCUT2D eigenvalue weighted by molar-refractivity contribution is 7.58. The van der Waals surface area contributed by atoms with Crippen LogP contribution in [0.3, 0.4) is 0 Å². The summed E-state index contributed by atoms with van der Waals surface area (Å²) < 4.78 is 23.4. The van der Waals surface area contributed by atoms with E-state index >= 15 is 0 Å². The van der Waals surface area contributed by atoms with Gasteiger partial charge in [0.25, 0.3) is 7.52 Å². The molecule has 0 radical (unpaired) electrons. The van der Waals surface area contributed by atoms with Crippen molar-refractivity contribution in [3.05, 3.63) is 0 Å². The van der Waals surface area contributed by atoms with Gasteiger partial charge in [0, 0.05) is 38.8 Å². The zero-order chi connectivity index (χ0) is 18.2. The normalized spacial score (nSPS) is 26.5. The van der Waals surface area contributed by atoms with Gasteiger partial charge < -0.3 is 9.01 Å². The van der Waals surface area contributed by atoms with E-state index in [4.69, 9.17) is 4.52 Å². The van der Waals surface area contributed by atoms with Crippen molar-refractivity contribution >= 4 is 7.52 Å². The van der Waals surface area contributed by atoms with Crippen LogP contribution in [0.5, 0.6) is 0 Å². The van der Waals surface area contributed by atoms with Crippen LogP contribution >= 0.6 is 7.52 Å².